The number of rotatable bonds is 4. The van der Waals surface area contributed by atoms with Crippen molar-refractivity contribution < 1.29 is 24.2 Å². The number of hydrogen-bond acceptors (Lipinski definition) is 5. The number of carboxylic acid groups (broad SMARTS) is 1. The minimum atomic E-state index is -1.12. The van der Waals surface area contributed by atoms with Crippen LogP contribution in [0.2, 0.25) is 0 Å². The molecule has 0 saturated heterocycles. The van der Waals surface area contributed by atoms with Crippen molar-refractivity contribution in [2.45, 2.75) is 6.92 Å². The van der Waals surface area contributed by atoms with Crippen LogP contribution in [0.4, 0.5) is 0 Å². The van der Waals surface area contributed by atoms with E-state index in [1.165, 1.54) is 13.2 Å². The lowest BCUT2D eigenvalue weighted by Crippen LogP contribution is -2.09. The molecular formula is C14H12BrNO5. The van der Waals surface area contributed by atoms with Crippen molar-refractivity contribution in [3.8, 4) is 5.88 Å². The molecule has 0 spiro atoms. The Balaban J connectivity index is 2.75. The predicted octanol–water partition coefficient (Wildman–Crippen LogP) is 2.88. The molecule has 0 amide bonds. The first kappa shape index (κ1) is 15.2. The third-order valence-electron chi connectivity index (χ3n) is 2.80. The van der Waals surface area contributed by atoms with Gasteiger partial charge in [0.15, 0.2) is 0 Å². The summed E-state index contributed by atoms with van der Waals surface area (Å²) in [7, 11) is 1.36. The summed E-state index contributed by atoms with van der Waals surface area (Å²) < 4.78 is 10.4. The lowest BCUT2D eigenvalue weighted by atomic mass is 10.1. The van der Waals surface area contributed by atoms with Crippen molar-refractivity contribution in [3.63, 3.8) is 0 Å². The largest absolute Gasteiger partial charge is 0.480 e. The van der Waals surface area contributed by atoms with E-state index < -0.39 is 11.9 Å². The van der Waals surface area contributed by atoms with E-state index in [2.05, 4.69) is 20.9 Å². The highest BCUT2D eigenvalue weighted by atomic mass is 79.9. The molecule has 2 rings (SSSR count). The van der Waals surface area contributed by atoms with Gasteiger partial charge >= 0.3 is 11.9 Å². The molecule has 1 aromatic carbocycles. The third kappa shape index (κ3) is 2.82. The second-order valence-electron chi connectivity index (χ2n) is 4.06. The van der Waals surface area contributed by atoms with Gasteiger partial charge in [-0.05, 0) is 35.0 Å². The average Bonchev–Trinajstić information content (AvgIpc) is 2.45. The lowest BCUT2D eigenvalue weighted by Gasteiger charge is -2.10. The lowest BCUT2D eigenvalue weighted by molar-refractivity contribution is 0.0521. The van der Waals surface area contributed by atoms with E-state index in [-0.39, 0.29) is 29.1 Å². The molecule has 0 unspecified atom stereocenters. The number of fused-ring (bicyclic) bond motifs is 1. The zero-order chi connectivity index (χ0) is 15.6. The van der Waals surface area contributed by atoms with Gasteiger partial charge in [0, 0.05) is 9.86 Å². The highest BCUT2D eigenvalue weighted by Crippen LogP contribution is 2.29. The molecule has 1 heterocycles. The van der Waals surface area contributed by atoms with Crippen LogP contribution in [0, 0.1) is 0 Å². The highest BCUT2D eigenvalue weighted by molar-refractivity contribution is 9.10. The maximum absolute atomic E-state index is 11.9. The molecule has 0 aliphatic rings. The first-order valence-corrected chi connectivity index (χ1v) is 6.86. The predicted molar refractivity (Wildman–Crippen MR) is 78.9 cm³/mol. The molecule has 0 aliphatic carbocycles. The Kier molecular flexibility index (Phi) is 4.42. The number of pyridine rings is 1. The number of carbonyl (C=O) groups excluding carboxylic acids is 1. The number of benzene rings is 1. The molecule has 6 nitrogen and oxygen atoms in total. The summed E-state index contributed by atoms with van der Waals surface area (Å²) in [4.78, 5) is 27.4. The van der Waals surface area contributed by atoms with Gasteiger partial charge in [-0.2, -0.15) is 0 Å². The summed E-state index contributed by atoms with van der Waals surface area (Å²) >= 11 is 3.18. The van der Waals surface area contributed by atoms with Crippen molar-refractivity contribution in [1.29, 1.82) is 0 Å². The van der Waals surface area contributed by atoms with Gasteiger partial charge in [-0.15, -0.1) is 0 Å². The van der Waals surface area contributed by atoms with Gasteiger partial charge in [0.2, 0.25) is 5.88 Å². The van der Waals surface area contributed by atoms with Gasteiger partial charge in [-0.3, -0.25) is 0 Å². The third-order valence-corrected chi connectivity index (χ3v) is 3.47. The topological polar surface area (TPSA) is 85.7 Å². The number of hydrogen-bond donors (Lipinski definition) is 1. The Morgan fingerprint density at radius 1 is 1.38 bits per heavy atom. The summed E-state index contributed by atoms with van der Waals surface area (Å²) in [5, 5.41) is 9.80. The molecule has 1 aromatic heterocycles. The van der Waals surface area contributed by atoms with E-state index >= 15 is 0 Å². The molecule has 0 atom stereocenters. The van der Waals surface area contributed by atoms with Crippen molar-refractivity contribution >= 4 is 38.8 Å². The van der Waals surface area contributed by atoms with E-state index in [1.807, 2.05) is 0 Å². The summed E-state index contributed by atoms with van der Waals surface area (Å²) in [6.45, 7) is 1.92. The number of halogens is 1. The highest BCUT2D eigenvalue weighted by Gasteiger charge is 2.20. The summed E-state index contributed by atoms with van der Waals surface area (Å²) in [5.41, 5.74) is 0.411. The Labute approximate surface area is 128 Å². The molecule has 2 aromatic rings. The van der Waals surface area contributed by atoms with Crippen molar-refractivity contribution in [3.05, 3.63) is 33.8 Å². The normalized spacial score (nSPS) is 10.4. The van der Waals surface area contributed by atoms with Crippen LogP contribution in [0.15, 0.2) is 22.7 Å². The number of aromatic nitrogens is 1. The fourth-order valence-electron chi connectivity index (χ4n) is 1.91. The van der Waals surface area contributed by atoms with Gasteiger partial charge in [-0.25, -0.2) is 14.6 Å². The van der Waals surface area contributed by atoms with Gasteiger partial charge in [0.1, 0.15) is 11.1 Å². The van der Waals surface area contributed by atoms with Crippen LogP contribution in [-0.2, 0) is 4.74 Å². The van der Waals surface area contributed by atoms with Crippen molar-refractivity contribution in [1.82, 2.24) is 4.98 Å². The van der Waals surface area contributed by atoms with E-state index in [0.29, 0.717) is 9.86 Å². The molecule has 0 saturated carbocycles. The standard InChI is InChI=1S/C14H12BrNO5/c1-3-21-14(19)8-6-7-4-5-9(15)10(13(17)18)11(7)16-12(8)20-2/h4-6H,3H2,1-2H3,(H,17,18). The second-order valence-corrected chi connectivity index (χ2v) is 4.92. The molecule has 0 fully saturated rings. The molecule has 21 heavy (non-hydrogen) atoms. The van der Waals surface area contributed by atoms with Gasteiger partial charge < -0.3 is 14.6 Å². The SMILES string of the molecule is CCOC(=O)c1cc2ccc(Br)c(C(=O)O)c2nc1OC. The number of methoxy groups -OCH3 is 1. The van der Waals surface area contributed by atoms with Crippen molar-refractivity contribution in [2.24, 2.45) is 0 Å². The van der Waals surface area contributed by atoms with Crippen LogP contribution in [0.25, 0.3) is 10.9 Å². The summed E-state index contributed by atoms with van der Waals surface area (Å²) in [6, 6.07) is 4.77. The minimum absolute atomic E-state index is 0.0150. The zero-order valence-corrected chi connectivity index (χ0v) is 12.9. The maximum atomic E-state index is 11.9. The van der Waals surface area contributed by atoms with Gasteiger partial charge in [0.25, 0.3) is 0 Å². The van der Waals surface area contributed by atoms with E-state index in [4.69, 9.17) is 9.47 Å². The van der Waals surface area contributed by atoms with Crippen LogP contribution >= 0.6 is 15.9 Å². The molecule has 0 aliphatic heterocycles. The zero-order valence-electron chi connectivity index (χ0n) is 11.3. The summed E-state index contributed by atoms with van der Waals surface area (Å²) in [5.74, 6) is -1.66. The maximum Gasteiger partial charge on any atom is 0.343 e. The number of carbonyl (C=O) groups is 2. The molecule has 0 bridgehead atoms. The van der Waals surface area contributed by atoms with E-state index in [0.717, 1.165) is 0 Å². The second kappa shape index (κ2) is 6.09. The number of aromatic carboxylic acids is 1. The number of carboxylic acids is 1. The van der Waals surface area contributed by atoms with Crippen molar-refractivity contribution in [2.75, 3.05) is 13.7 Å². The first-order valence-electron chi connectivity index (χ1n) is 6.07. The average molecular weight is 354 g/mol. The molecule has 0 radical (unpaired) electrons. The molecule has 1 N–H and O–H groups in total. The summed E-state index contributed by atoms with van der Waals surface area (Å²) in [6.07, 6.45) is 0. The van der Waals surface area contributed by atoms with Crippen LogP contribution in [-0.4, -0.2) is 35.7 Å². The monoisotopic (exact) mass is 353 g/mol. The van der Waals surface area contributed by atoms with Crippen LogP contribution in [0.5, 0.6) is 5.88 Å². The fourth-order valence-corrected chi connectivity index (χ4v) is 2.40. The van der Waals surface area contributed by atoms with Crippen LogP contribution in [0.1, 0.15) is 27.6 Å². The minimum Gasteiger partial charge on any atom is -0.480 e. The van der Waals surface area contributed by atoms with Gasteiger partial charge in [-0.1, -0.05) is 6.07 Å². The molecule has 7 heteroatoms. The quantitative estimate of drug-likeness (QED) is 0.850. The Morgan fingerprint density at radius 2 is 2.10 bits per heavy atom. The number of esters is 1. The van der Waals surface area contributed by atoms with E-state index in [9.17, 15) is 14.7 Å². The number of nitrogens with zero attached hydrogens (tertiary/aromatic N) is 1. The Morgan fingerprint density at radius 3 is 2.67 bits per heavy atom. The smallest absolute Gasteiger partial charge is 0.343 e. The molecule has 110 valence electrons. The Hall–Kier alpha value is -2.15. The van der Waals surface area contributed by atoms with Crippen LogP contribution in [0.3, 0.4) is 0 Å². The van der Waals surface area contributed by atoms with Gasteiger partial charge in [0.05, 0.1) is 19.2 Å². The Bertz CT molecular complexity index is 729. The first-order chi connectivity index (χ1) is 9.99. The molecular weight excluding hydrogens is 342 g/mol. The van der Waals surface area contributed by atoms with Crippen LogP contribution < -0.4 is 4.74 Å². The number of ether oxygens (including phenoxy) is 2. The van der Waals surface area contributed by atoms with E-state index in [1.54, 1.807) is 19.1 Å². The fraction of sp³-hybridized carbons (Fsp3) is 0.214.